The van der Waals surface area contributed by atoms with Gasteiger partial charge in [0.15, 0.2) is 15.6 Å². The molecule has 1 aliphatic heterocycles. The summed E-state index contributed by atoms with van der Waals surface area (Å²) in [5, 5.41) is 0. The molecule has 0 spiro atoms. The van der Waals surface area contributed by atoms with Crippen molar-refractivity contribution in [3.63, 3.8) is 0 Å². The van der Waals surface area contributed by atoms with Crippen LogP contribution in [0.25, 0.3) is 0 Å². The Morgan fingerprint density at radius 1 is 1.29 bits per heavy atom. The van der Waals surface area contributed by atoms with Gasteiger partial charge in [-0.15, -0.1) is 0 Å². The molecule has 1 N–H and O–H groups in total. The van der Waals surface area contributed by atoms with Gasteiger partial charge in [-0.25, -0.2) is 8.42 Å². The van der Waals surface area contributed by atoms with Crippen molar-refractivity contribution >= 4 is 15.6 Å². The number of hydroxylamine groups is 1. The van der Waals surface area contributed by atoms with Crippen molar-refractivity contribution in [2.45, 2.75) is 23.9 Å². The molecule has 0 bridgehead atoms. The molecule has 0 radical (unpaired) electrons. The monoisotopic (exact) mass is 361 g/mol. The van der Waals surface area contributed by atoms with Gasteiger partial charge < -0.3 is 4.84 Å². The Balaban J connectivity index is 2.10. The Morgan fingerprint density at radius 2 is 1.96 bits per heavy atom. The van der Waals surface area contributed by atoms with Crippen LogP contribution in [0.4, 0.5) is 13.2 Å². The van der Waals surface area contributed by atoms with Crippen LogP contribution in [0.1, 0.15) is 28.8 Å². The summed E-state index contributed by atoms with van der Waals surface area (Å²) >= 11 is 0. The summed E-state index contributed by atoms with van der Waals surface area (Å²) in [5.41, 5.74) is 1.44. The van der Waals surface area contributed by atoms with Crippen LogP contribution in [-0.4, -0.2) is 27.0 Å². The summed E-state index contributed by atoms with van der Waals surface area (Å²) in [4.78, 5) is 17.3. The van der Waals surface area contributed by atoms with Crippen LogP contribution in [0, 0.1) is 5.92 Å². The number of ketones is 1. The fourth-order valence-corrected chi connectivity index (χ4v) is 3.46. The van der Waals surface area contributed by atoms with E-state index in [0.717, 1.165) is 25.2 Å². The molecule has 0 unspecified atom stereocenters. The first-order chi connectivity index (χ1) is 11.1. The van der Waals surface area contributed by atoms with Gasteiger partial charge in [0.25, 0.3) is 0 Å². The van der Waals surface area contributed by atoms with Crippen LogP contribution in [0.15, 0.2) is 34.4 Å². The number of sulfone groups is 1. The summed E-state index contributed by atoms with van der Waals surface area (Å²) in [6, 6.07) is 2.13. The Labute approximate surface area is 136 Å². The van der Waals surface area contributed by atoms with Crippen molar-refractivity contribution in [2.75, 3.05) is 12.8 Å². The number of allylic oxidation sites excluding steroid dienone is 1. The van der Waals surface area contributed by atoms with Crippen molar-refractivity contribution in [3.05, 3.63) is 40.7 Å². The highest BCUT2D eigenvalue weighted by molar-refractivity contribution is 7.90. The number of hydrogen-bond donors (Lipinski definition) is 1. The maximum absolute atomic E-state index is 12.8. The lowest BCUT2D eigenvalue weighted by Crippen LogP contribution is -2.16. The first-order valence-corrected chi connectivity index (χ1v) is 9.07. The van der Waals surface area contributed by atoms with Gasteiger partial charge in [-0.2, -0.15) is 18.7 Å². The van der Waals surface area contributed by atoms with Crippen molar-refractivity contribution in [2.24, 2.45) is 5.92 Å². The second-order valence-electron chi connectivity index (χ2n) is 5.85. The van der Waals surface area contributed by atoms with E-state index in [-0.39, 0.29) is 23.6 Å². The third-order valence-electron chi connectivity index (χ3n) is 3.90. The highest BCUT2D eigenvalue weighted by Crippen LogP contribution is 2.41. The molecular formula is C15H14F3NO4S. The Morgan fingerprint density at radius 3 is 2.50 bits per heavy atom. The molecular weight excluding hydrogens is 347 g/mol. The molecule has 0 aromatic heterocycles. The van der Waals surface area contributed by atoms with Gasteiger partial charge in [0, 0.05) is 17.7 Å². The Kier molecular flexibility index (Phi) is 3.95. The van der Waals surface area contributed by atoms with Gasteiger partial charge >= 0.3 is 6.18 Å². The number of hydrogen-bond acceptors (Lipinski definition) is 5. The van der Waals surface area contributed by atoms with E-state index in [1.54, 1.807) is 0 Å². The Bertz CT molecular complexity index is 839. The molecule has 9 heteroatoms. The quantitative estimate of drug-likeness (QED) is 0.835. The van der Waals surface area contributed by atoms with Crippen LogP contribution in [0.2, 0.25) is 0 Å². The lowest BCUT2D eigenvalue weighted by molar-refractivity contribution is -0.137. The van der Waals surface area contributed by atoms with Crippen LogP contribution >= 0.6 is 0 Å². The second-order valence-corrected chi connectivity index (χ2v) is 7.83. The lowest BCUT2D eigenvalue weighted by atomic mass is 10.00. The summed E-state index contributed by atoms with van der Waals surface area (Å²) in [6.45, 7) is 0.0922. The standard InChI is InChI=1S/C15H14F3NO4S/c1-24(21,22)12-6-9(15(16,17)18)4-5-10(12)13(20)11-7-19-23-14(11)8-2-3-8/h4-6,8,19H,2-3,7H2,1H3. The molecule has 2 aliphatic rings. The maximum Gasteiger partial charge on any atom is 0.416 e. The highest BCUT2D eigenvalue weighted by atomic mass is 32.2. The zero-order valence-electron chi connectivity index (χ0n) is 12.6. The van der Waals surface area contributed by atoms with E-state index in [1.807, 2.05) is 0 Å². The van der Waals surface area contributed by atoms with E-state index < -0.39 is 32.3 Å². The highest BCUT2D eigenvalue weighted by Gasteiger charge is 2.38. The number of carbonyl (C=O) groups excluding carboxylic acids is 1. The molecule has 1 heterocycles. The van der Waals surface area contributed by atoms with Crippen LogP contribution in [-0.2, 0) is 20.9 Å². The third-order valence-corrected chi connectivity index (χ3v) is 5.04. The molecule has 1 fully saturated rings. The average Bonchev–Trinajstić information content (AvgIpc) is 3.21. The number of rotatable bonds is 4. The number of nitrogens with one attached hydrogen (secondary N) is 1. The number of benzene rings is 1. The van der Waals surface area contributed by atoms with Gasteiger partial charge in [0.1, 0.15) is 5.76 Å². The van der Waals surface area contributed by atoms with Gasteiger partial charge in [-0.3, -0.25) is 4.79 Å². The van der Waals surface area contributed by atoms with E-state index >= 15 is 0 Å². The van der Waals surface area contributed by atoms with E-state index in [0.29, 0.717) is 17.9 Å². The van der Waals surface area contributed by atoms with Crippen molar-refractivity contribution in [1.29, 1.82) is 0 Å². The lowest BCUT2D eigenvalue weighted by Gasteiger charge is -2.12. The summed E-state index contributed by atoms with van der Waals surface area (Å²) < 4.78 is 62.3. The van der Waals surface area contributed by atoms with E-state index in [9.17, 15) is 26.4 Å². The van der Waals surface area contributed by atoms with Crippen molar-refractivity contribution in [1.82, 2.24) is 5.48 Å². The topological polar surface area (TPSA) is 72.5 Å². The molecule has 5 nitrogen and oxygen atoms in total. The molecule has 0 saturated heterocycles. The number of alkyl halides is 3. The molecule has 1 aliphatic carbocycles. The van der Waals surface area contributed by atoms with Crippen molar-refractivity contribution in [3.8, 4) is 0 Å². The smallest absolute Gasteiger partial charge is 0.412 e. The minimum Gasteiger partial charge on any atom is -0.412 e. The summed E-state index contributed by atoms with van der Waals surface area (Å²) in [7, 11) is -4.02. The average molecular weight is 361 g/mol. The first kappa shape index (κ1) is 17.0. The molecule has 1 aromatic rings. The largest absolute Gasteiger partial charge is 0.416 e. The third kappa shape index (κ3) is 3.18. The van der Waals surface area contributed by atoms with Crippen LogP contribution in [0.5, 0.6) is 0 Å². The molecule has 1 saturated carbocycles. The van der Waals surface area contributed by atoms with E-state index in [2.05, 4.69) is 5.48 Å². The van der Waals surface area contributed by atoms with Crippen LogP contribution < -0.4 is 5.48 Å². The summed E-state index contributed by atoms with van der Waals surface area (Å²) in [5.74, 6) is -0.0644. The fourth-order valence-electron chi connectivity index (χ4n) is 2.56. The number of carbonyl (C=O) groups is 1. The van der Waals surface area contributed by atoms with Crippen LogP contribution in [0.3, 0.4) is 0 Å². The zero-order valence-corrected chi connectivity index (χ0v) is 13.4. The predicted octanol–water partition coefficient (Wildman–Crippen LogP) is 2.49. The molecule has 1 aromatic carbocycles. The van der Waals surface area contributed by atoms with E-state index in [4.69, 9.17) is 4.84 Å². The zero-order chi connectivity index (χ0) is 17.7. The van der Waals surface area contributed by atoms with Gasteiger partial charge in [-0.1, -0.05) is 0 Å². The first-order valence-electron chi connectivity index (χ1n) is 7.18. The maximum atomic E-state index is 12.8. The molecule has 3 rings (SSSR count). The fraction of sp³-hybridized carbons (Fsp3) is 0.400. The molecule has 0 amide bonds. The molecule has 0 atom stereocenters. The Hall–Kier alpha value is -1.87. The second kappa shape index (κ2) is 5.59. The normalized spacial score (nSPS) is 18.7. The summed E-state index contributed by atoms with van der Waals surface area (Å²) in [6.07, 6.45) is -2.20. The molecule has 130 valence electrons. The minimum atomic E-state index is -4.70. The van der Waals surface area contributed by atoms with Crippen molar-refractivity contribution < 1.29 is 31.2 Å². The van der Waals surface area contributed by atoms with Gasteiger partial charge in [0.2, 0.25) is 0 Å². The number of halogens is 3. The number of Topliss-reactive ketones (excluding diaryl/α,β-unsaturated/α-hetero) is 1. The van der Waals surface area contributed by atoms with Gasteiger partial charge in [0.05, 0.1) is 22.6 Å². The van der Waals surface area contributed by atoms with E-state index in [1.165, 1.54) is 0 Å². The van der Waals surface area contributed by atoms with Gasteiger partial charge in [-0.05, 0) is 31.0 Å². The SMILES string of the molecule is CS(=O)(=O)c1cc(C(F)(F)F)ccc1C(=O)C1=C(C2CC2)ONC1. The minimum absolute atomic E-state index is 0.0922. The predicted molar refractivity (Wildman–Crippen MR) is 77.7 cm³/mol. The molecule has 24 heavy (non-hydrogen) atoms.